The van der Waals surface area contributed by atoms with Crippen molar-refractivity contribution in [2.75, 3.05) is 6.61 Å². The number of hydrogen-bond donors (Lipinski definition) is 1. The first kappa shape index (κ1) is 21.4. The van der Waals surface area contributed by atoms with Crippen LogP contribution in [0.5, 0.6) is 11.5 Å². The lowest BCUT2D eigenvalue weighted by Crippen LogP contribution is -2.58. The Morgan fingerprint density at radius 2 is 1.65 bits per heavy atom. The normalized spacial score (nSPS) is 28.7. The van der Waals surface area contributed by atoms with Crippen LogP contribution < -0.4 is 14.8 Å². The average molecular weight is 460 g/mol. The molecule has 0 aromatic heterocycles. The molecule has 31 heavy (non-hydrogen) atoms. The van der Waals surface area contributed by atoms with E-state index in [2.05, 4.69) is 11.4 Å². The number of ether oxygens (including phenoxy) is 2. The molecule has 0 amide bonds. The molecule has 0 heterocycles. The second-order valence-corrected chi connectivity index (χ2v) is 10.7. The molecule has 0 radical (unpaired) electrons. The second-order valence-electron chi connectivity index (χ2n) is 9.81. The lowest BCUT2D eigenvalue weighted by molar-refractivity contribution is -0.0206. The van der Waals surface area contributed by atoms with Gasteiger partial charge in [0.2, 0.25) is 0 Å². The SMILES string of the molecule is CCOc1cc(CNC23CC4CC(CC(C4)C2)C3)cc(Cl)c1OCc1cccc(Cl)c1. The summed E-state index contributed by atoms with van der Waals surface area (Å²) in [6.07, 6.45) is 8.39. The number of halogens is 2. The first-order chi connectivity index (χ1) is 15.0. The van der Waals surface area contributed by atoms with Gasteiger partial charge in [-0.05, 0) is 98.6 Å². The van der Waals surface area contributed by atoms with Crippen molar-refractivity contribution in [2.24, 2.45) is 17.8 Å². The Bertz CT molecular complexity index is 910. The van der Waals surface area contributed by atoms with E-state index in [4.69, 9.17) is 32.7 Å². The van der Waals surface area contributed by atoms with Crippen LogP contribution in [0, 0.1) is 17.8 Å². The zero-order chi connectivity index (χ0) is 21.4. The molecule has 0 spiro atoms. The summed E-state index contributed by atoms with van der Waals surface area (Å²) in [5, 5.41) is 5.24. The molecule has 6 rings (SSSR count). The van der Waals surface area contributed by atoms with Crippen LogP contribution in [-0.2, 0) is 13.2 Å². The van der Waals surface area contributed by atoms with Gasteiger partial charge in [-0.1, -0.05) is 35.3 Å². The molecule has 4 fully saturated rings. The van der Waals surface area contributed by atoms with Gasteiger partial charge in [-0.3, -0.25) is 0 Å². The minimum atomic E-state index is 0.328. The fraction of sp³-hybridized carbons (Fsp3) is 0.538. The molecule has 0 saturated heterocycles. The standard InChI is InChI=1S/C26H31Cl2NO2/c1-2-30-24-11-21(10-23(28)25(24)31-16-17-4-3-5-22(27)9-17)15-29-26-12-18-6-19(13-26)8-20(7-18)14-26/h3-5,9-11,18-20,29H,2,6-8,12-16H2,1H3. The maximum Gasteiger partial charge on any atom is 0.180 e. The van der Waals surface area contributed by atoms with Gasteiger partial charge < -0.3 is 14.8 Å². The molecule has 166 valence electrons. The van der Waals surface area contributed by atoms with E-state index in [9.17, 15) is 0 Å². The number of benzene rings is 2. The summed E-state index contributed by atoms with van der Waals surface area (Å²) < 4.78 is 12.0. The highest BCUT2D eigenvalue weighted by atomic mass is 35.5. The van der Waals surface area contributed by atoms with Crippen molar-refractivity contribution >= 4 is 23.2 Å². The molecule has 3 nitrogen and oxygen atoms in total. The molecule has 0 aliphatic heterocycles. The summed E-state index contributed by atoms with van der Waals surface area (Å²) >= 11 is 12.8. The number of nitrogens with one attached hydrogen (secondary N) is 1. The molecular weight excluding hydrogens is 429 g/mol. The van der Waals surface area contributed by atoms with Gasteiger partial charge in [-0.25, -0.2) is 0 Å². The van der Waals surface area contributed by atoms with Gasteiger partial charge in [0.05, 0.1) is 11.6 Å². The smallest absolute Gasteiger partial charge is 0.180 e. The van der Waals surface area contributed by atoms with E-state index in [1.807, 2.05) is 37.3 Å². The highest BCUT2D eigenvalue weighted by molar-refractivity contribution is 6.32. The van der Waals surface area contributed by atoms with E-state index >= 15 is 0 Å². The third-order valence-corrected chi connectivity index (χ3v) is 7.86. The fourth-order valence-electron chi connectivity index (χ4n) is 6.53. The molecule has 0 atom stereocenters. The van der Waals surface area contributed by atoms with Gasteiger partial charge >= 0.3 is 0 Å². The van der Waals surface area contributed by atoms with Crippen LogP contribution in [0.25, 0.3) is 0 Å². The third-order valence-electron chi connectivity index (χ3n) is 7.35. The summed E-state index contributed by atoms with van der Waals surface area (Å²) in [5.74, 6) is 4.11. The van der Waals surface area contributed by atoms with Crippen molar-refractivity contribution in [3.63, 3.8) is 0 Å². The first-order valence-corrected chi connectivity index (χ1v) is 12.3. The minimum absolute atomic E-state index is 0.328. The van der Waals surface area contributed by atoms with Crippen LogP contribution in [0.2, 0.25) is 10.0 Å². The Hall–Kier alpha value is -1.42. The summed E-state index contributed by atoms with van der Waals surface area (Å²) in [6.45, 7) is 3.76. The van der Waals surface area contributed by atoms with Crippen molar-refractivity contribution in [1.29, 1.82) is 0 Å². The minimum Gasteiger partial charge on any atom is -0.490 e. The fourth-order valence-corrected chi connectivity index (χ4v) is 7.03. The quantitative estimate of drug-likeness (QED) is 0.459. The van der Waals surface area contributed by atoms with Gasteiger partial charge in [-0.15, -0.1) is 0 Å². The van der Waals surface area contributed by atoms with E-state index in [0.29, 0.717) is 40.3 Å². The van der Waals surface area contributed by atoms with Crippen LogP contribution in [0.15, 0.2) is 36.4 Å². The second kappa shape index (κ2) is 8.84. The first-order valence-electron chi connectivity index (χ1n) is 11.6. The van der Waals surface area contributed by atoms with E-state index in [-0.39, 0.29) is 0 Å². The molecule has 1 N–H and O–H groups in total. The molecule has 2 aromatic carbocycles. The van der Waals surface area contributed by atoms with Crippen molar-refractivity contribution < 1.29 is 9.47 Å². The van der Waals surface area contributed by atoms with E-state index in [1.165, 1.54) is 38.5 Å². The van der Waals surface area contributed by atoms with Crippen LogP contribution >= 0.6 is 23.2 Å². The van der Waals surface area contributed by atoms with E-state index in [1.54, 1.807) is 0 Å². The summed E-state index contributed by atoms with van der Waals surface area (Å²) in [4.78, 5) is 0. The Labute approximate surface area is 195 Å². The van der Waals surface area contributed by atoms with Crippen molar-refractivity contribution in [3.8, 4) is 11.5 Å². The maximum absolute atomic E-state index is 6.66. The number of hydrogen-bond acceptors (Lipinski definition) is 3. The van der Waals surface area contributed by atoms with E-state index in [0.717, 1.165) is 35.4 Å². The van der Waals surface area contributed by atoms with Crippen LogP contribution in [-0.4, -0.2) is 12.1 Å². The zero-order valence-electron chi connectivity index (χ0n) is 18.1. The molecule has 2 aromatic rings. The van der Waals surface area contributed by atoms with Gasteiger partial charge in [0, 0.05) is 17.1 Å². The third kappa shape index (κ3) is 4.69. The number of rotatable bonds is 8. The molecule has 4 aliphatic carbocycles. The molecule has 4 bridgehead atoms. The molecule has 5 heteroatoms. The summed E-state index contributed by atoms with van der Waals surface area (Å²) in [7, 11) is 0. The lowest BCUT2D eigenvalue weighted by Gasteiger charge is -2.57. The highest BCUT2D eigenvalue weighted by Gasteiger charge is 2.50. The molecule has 4 aliphatic rings. The lowest BCUT2D eigenvalue weighted by atomic mass is 9.53. The van der Waals surface area contributed by atoms with Gasteiger partial charge in [0.25, 0.3) is 0 Å². The molecule has 0 unspecified atom stereocenters. The van der Waals surface area contributed by atoms with Crippen LogP contribution in [0.3, 0.4) is 0 Å². The average Bonchev–Trinajstić information content (AvgIpc) is 2.71. The Morgan fingerprint density at radius 1 is 0.935 bits per heavy atom. The Kier molecular flexibility index (Phi) is 6.11. The van der Waals surface area contributed by atoms with Gasteiger partial charge in [0.1, 0.15) is 6.61 Å². The molecule has 4 saturated carbocycles. The van der Waals surface area contributed by atoms with Gasteiger partial charge in [-0.2, -0.15) is 0 Å². The van der Waals surface area contributed by atoms with Gasteiger partial charge in [0.15, 0.2) is 11.5 Å². The van der Waals surface area contributed by atoms with Crippen molar-refractivity contribution in [2.45, 2.75) is 64.1 Å². The van der Waals surface area contributed by atoms with E-state index < -0.39 is 0 Å². The molecular formula is C26H31Cl2NO2. The van der Waals surface area contributed by atoms with Crippen LogP contribution in [0.1, 0.15) is 56.6 Å². The zero-order valence-corrected chi connectivity index (χ0v) is 19.6. The predicted molar refractivity (Wildman–Crippen MR) is 126 cm³/mol. The topological polar surface area (TPSA) is 30.5 Å². The summed E-state index contributed by atoms with van der Waals surface area (Å²) in [6, 6.07) is 11.8. The summed E-state index contributed by atoms with van der Waals surface area (Å²) in [5.41, 5.74) is 2.48. The monoisotopic (exact) mass is 459 g/mol. The highest BCUT2D eigenvalue weighted by Crippen LogP contribution is 2.55. The van der Waals surface area contributed by atoms with Crippen LogP contribution in [0.4, 0.5) is 0 Å². The van der Waals surface area contributed by atoms with Crippen molar-refractivity contribution in [3.05, 3.63) is 57.6 Å². The van der Waals surface area contributed by atoms with Crippen molar-refractivity contribution in [1.82, 2.24) is 5.32 Å². The Morgan fingerprint density at radius 3 is 2.29 bits per heavy atom. The predicted octanol–water partition coefficient (Wildman–Crippen LogP) is 7.03. The Balaban J connectivity index is 1.29. The largest absolute Gasteiger partial charge is 0.490 e. The maximum atomic E-state index is 6.66.